The summed E-state index contributed by atoms with van der Waals surface area (Å²) >= 11 is 7.19. The highest BCUT2D eigenvalue weighted by Gasteiger charge is 2.52. The highest BCUT2D eigenvalue weighted by atomic mass is 35.5. The molecule has 1 heterocycles. The number of halogens is 1. The Morgan fingerprint density at radius 3 is 2.46 bits per heavy atom. The van der Waals surface area contributed by atoms with Gasteiger partial charge in [0.05, 0.1) is 30.4 Å². The normalized spacial score (nSPS) is 30.8. The third-order valence-corrected chi connectivity index (χ3v) is 12.3. The van der Waals surface area contributed by atoms with E-state index in [0.717, 1.165) is 41.9 Å². The number of aliphatic hydroxyl groups is 1. The summed E-state index contributed by atoms with van der Waals surface area (Å²) in [7, 11) is 1.45. The van der Waals surface area contributed by atoms with Crippen LogP contribution in [0.5, 0.6) is 11.5 Å². The number of allylic oxidation sites excluding steroid dienone is 2. The van der Waals surface area contributed by atoms with Crippen molar-refractivity contribution in [2.45, 2.75) is 123 Å². The molecule has 0 radical (unpaired) electrons. The molecule has 6 rings (SSSR count). The zero-order chi connectivity index (χ0) is 38.8. The van der Waals surface area contributed by atoms with E-state index in [9.17, 15) is 9.90 Å². The first-order chi connectivity index (χ1) is 25.7. The molecule has 54 heavy (non-hydrogen) atoms. The molecule has 1 N–H and O–H groups in total. The number of ether oxygens (including phenoxy) is 5. The van der Waals surface area contributed by atoms with Gasteiger partial charge < -0.3 is 37.8 Å². The zero-order valence-corrected chi connectivity index (χ0v) is 34.4. The minimum absolute atomic E-state index is 0.221. The molecule has 296 valence electrons. The van der Waals surface area contributed by atoms with Crippen molar-refractivity contribution in [1.29, 1.82) is 0 Å². The lowest BCUT2D eigenvalue weighted by atomic mass is 9.62. The van der Waals surface area contributed by atoms with Crippen molar-refractivity contribution in [3.63, 3.8) is 0 Å². The number of fused-ring (bicyclic) bond motifs is 3. The Balaban J connectivity index is 1.16. The molecule has 0 aromatic heterocycles. The van der Waals surface area contributed by atoms with Gasteiger partial charge in [0.15, 0.2) is 11.6 Å². The number of benzene rings is 2. The lowest BCUT2D eigenvalue weighted by molar-refractivity contribution is -0.224. The van der Waals surface area contributed by atoms with Gasteiger partial charge in [-0.1, -0.05) is 43.6 Å². The standard InChI is InChI=1S/C42H56ClO10P/c1-25-18-28-20-26(2)36(30(19-25)21-28)39(46-7)33-16-13-29(10-9-17-44)38(37(33)43)48-24-27-11-14-31(15-12-27)52-54(47-8)53-35-23-32(49-41(3,4)45)22-34-40(35)51-42(5,6)50-34/h9-17,25-26,28,30,32,34-35,40,45H,18-24H2,1-8H3/b10-9+,39-36-. The second-order valence-corrected chi connectivity index (χ2v) is 17.8. The molecule has 2 aromatic rings. The van der Waals surface area contributed by atoms with E-state index in [-0.39, 0.29) is 24.9 Å². The lowest BCUT2D eigenvalue weighted by Crippen LogP contribution is -2.48. The lowest BCUT2D eigenvalue weighted by Gasteiger charge is -2.43. The van der Waals surface area contributed by atoms with Crippen LogP contribution >= 0.6 is 20.2 Å². The molecule has 4 aliphatic rings. The summed E-state index contributed by atoms with van der Waals surface area (Å²) < 4.78 is 49.1. The minimum Gasteiger partial charge on any atom is -0.496 e. The van der Waals surface area contributed by atoms with Gasteiger partial charge in [-0.3, -0.25) is 9.32 Å². The van der Waals surface area contributed by atoms with Crippen molar-refractivity contribution in [2.24, 2.45) is 23.7 Å². The number of methoxy groups -OCH3 is 1. The first-order valence-electron chi connectivity index (χ1n) is 19.1. The minimum atomic E-state index is -1.81. The van der Waals surface area contributed by atoms with Crippen LogP contribution < -0.4 is 9.26 Å². The van der Waals surface area contributed by atoms with E-state index < -0.39 is 26.3 Å². The number of rotatable bonds is 14. The van der Waals surface area contributed by atoms with Crippen molar-refractivity contribution in [3.8, 4) is 11.5 Å². The van der Waals surface area contributed by atoms with E-state index in [2.05, 4.69) is 13.8 Å². The Morgan fingerprint density at radius 1 is 1.02 bits per heavy atom. The average Bonchev–Trinajstić information content (AvgIpc) is 3.42. The molecule has 3 aliphatic carbocycles. The fourth-order valence-corrected chi connectivity index (χ4v) is 10.2. The SMILES string of the molecule is CO/C(=C1/C(C)CC2CC(C)CC1C2)c1ccc(/C=C/C=O)c(OCc2ccc(OP(OC)OC3CC(OC(C)(C)O)CC4OC(C)(C)OC34)cc2)c1Cl. The van der Waals surface area contributed by atoms with Gasteiger partial charge in [-0.2, -0.15) is 0 Å². The Labute approximate surface area is 326 Å². The maximum Gasteiger partial charge on any atom is 0.397 e. The van der Waals surface area contributed by atoms with Crippen molar-refractivity contribution < 1.29 is 47.2 Å². The smallest absolute Gasteiger partial charge is 0.397 e. The fraction of sp³-hybridized carbons (Fsp3) is 0.595. The van der Waals surface area contributed by atoms with Gasteiger partial charge in [0.1, 0.15) is 36.3 Å². The molecule has 10 nitrogen and oxygen atoms in total. The summed E-state index contributed by atoms with van der Waals surface area (Å²) in [5, 5.41) is 10.8. The molecule has 1 saturated heterocycles. The summed E-state index contributed by atoms with van der Waals surface area (Å²) in [6.45, 7) is 11.8. The summed E-state index contributed by atoms with van der Waals surface area (Å²) in [4.78, 5) is 11.3. The van der Waals surface area contributed by atoms with E-state index in [0.29, 0.717) is 52.7 Å². The first-order valence-corrected chi connectivity index (χ1v) is 20.5. The summed E-state index contributed by atoms with van der Waals surface area (Å²) in [6.07, 6.45) is 8.37. The van der Waals surface area contributed by atoms with Crippen LogP contribution in [-0.2, 0) is 39.4 Å². The summed E-state index contributed by atoms with van der Waals surface area (Å²) in [5.41, 5.74) is 3.72. The van der Waals surface area contributed by atoms with Crippen LogP contribution in [0.3, 0.4) is 0 Å². The van der Waals surface area contributed by atoms with Crippen molar-refractivity contribution in [2.75, 3.05) is 14.2 Å². The van der Waals surface area contributed by atoms with E-state index in [4.69, 9.17) is 48.9 Å². The number of hydrogen-bond donors (Lipinski definition) is 1. The van der Waals surface area contributed by atoms with Gasteiger partial charge in [0.2, 0.25) is 0 Å². The summed E-state index contributed by atoms with van der Waals surface area (Å²) in [6, 6.07) is 11.4. The second-order valence-electron chi connectivity index (χ2n) is 16.2. The maximum atomic E-state index is 11.3. The number of carbonyl (C=O) groups excluding carboxylic acids is 1. The molecular weight excluding hydrogens is 731 g/mol. The highest BCUT2D eigenvalue weighted by molar-refractivity contribution is 7.42. The summed E-state index contributed by atoms with van der Waals surface area (Å²) in [5.74, 6) is 2.11. The van der Waals surface area contributed by atoms with Gasteiger partial charge in [0.25, 0.3) is 0 Å². The van der Waals surface area contributed by atoms with E-state index in [1.807, 2.05) is 50.2 Å². The van der Waals surface area contributed by atoms with Gasteiger partial charge >= 0.3 is 8.60 Å². The molecule has 4 fully saturated rings. The first kappa shape index (κ1) is 41.1. The Hall–Kier alpha value is -2.53. The molecule has 9 atom stereocenters. The number of hydrogen-bond acceptors (Lipinski definition) is 10. The fourth-order valence-electron chi connectivity index (χ4n) is 9.00. The molecule has 3 saturated carbocycles. The highest BCUT2D eigenvalue weighted by Crippen LogP contribution is 2.52. The zero-order valence-electron chi connectivity index (χ0n) is 32.7. The van der Waals surface area contributed by atoms with E-state index in [1.165, 1.54) is 31.6 Å². The predicted molar refractivity (Wildman–Crippen MR) is 209 cm³/mol. The van der Waals surface area contributed by atoms with Crippen LogP contribution in [0, 0.1) is 23.7 Å². The molecule has 2 bridgehead atoms. The van der Waals surface area contributed by atoms with Crippen LogP contribution in [0.2, 0.25) is 5.02 Å². The van der Waals surface area contributed by atoms with Crippen LogP contribution in [0.1, 0.15) is 96.8 Å². The van der Waals surface area contributed by atoms with Gasteiger partial charge in [-0.05, 0) is 119 Å². The Morgan fingerprint density at radius 2 is 1.78 bits per heavy atom. The van der Waals surface area contributed by atoms with Gasteiger partial charge in [-0.25, -0.2) is 0 Å². The molecule has 0 spiro atoms. The molecule has 12 heteroatoms. The van der Waals surface area contributed by atoms with Crippen LogP contribution in [0.4, 0.5) is 0 Å². The number of carbonyl (C=O) groups is 1. The second kappa shape index (κ2) is 17.3. The van der Waals surface area contributed by atoms with Crippen LogP contribution in [-0.4, -0.2) is 61.6 Å². The predicted octanol–water partition coefficient (Wildman–Crippen LogP) is 9.65. The van der Waals surface area contributed by atoms with E-state index >= 15 is 0 Å². The average molecular weight is 787 g/mol. The van der Waals surface area contributed by atoms with Crippen LogP contribution in [0.25, 0.3) is 11.8 Å². The van der Waals surface area contributed by atoms with Crippen molar-refractivity contribution in [1.82, 2.24) is 0 Å². The Kier molecular flexibility index (Phi) is 13.2. The van der Waals surface area contributed by atoms with Gasteiger partial charge in [-0.15, -0.1) is 0 Å². The maximum absolute atomic E-state index is 11.3. The molecule has 0 amide bonds. The quantitative estimate of drug-likeness (QED) is 0.0654. The largest absolute Gasteiger partial charge is 0.496 e. The third-order valence-electron chi connectivity index (χ3n) is 10.8. The van der Waals surface area contributed by atoms with Crippen molar-refractivity contribution >= 4 is 38.3 Å². The molecule has 2 aromatic carbocycles. The van der Waals surface area contributed by atoms with Gasteiger partial charge in [0, 0.05) is 31.1 Å². The monoisotopic (exact) mass is 786 g/mol. The third kappa shape index (κ3) is 9.88. The molecule has 1 aliphatic heterocycles. The topological polar surface area (TPSA) is 111 Å². The molecule has 9 unspecified atom stereocenters. The number of aldehydes is 1. The van der Waals surface area contributed by atoms with Crippen LogP contribution in [0.15, 0.2) is 48.0 Å². The Bertz CT molecular complexity index is 1670. The van der Waals surface area contributed by atoms with Crippen molar-refractivity contribution in [3.05, 3.63) is 69.8 Å². The van der Waals surface area contributed by atoms with E-state index in [1.54, 1.807) is 27.0 Å². The molecular formula is C42H56ClO10P.